The standard InChI is InChI=1S/C16H24BrNO/c1-19-12-11-18(10-9-17)13-15-7-4-6-14-5-2-3-8-16(14)15/h2-3,5,8,15H,4,6-7,9-13H2,1H3. The Kier molecular flexibility index (Phi) is 6.35. The number of ether oxygens (including phenoxy) is 1. The van der Waals surface area contributed by atoms with Gasteiger partial charge in [-0.25, -0.2) is 0 Å². The zero-order chi connectivity index (χ0) is 13.5. The molecule has 0 radical (unpaired) electrons. The molecule has 0 aliphatic heterocycles. The molecule has 1 unspecified atom stereocenters. The van der Waals surface area contributed by atoms with Crippen molar-refractivity contribution in [3.05, 3.63) is 35.4 Å². The molecule has 1 atom stereocenters. The summed E-state index contributed by atoms with van der Waals surface area (Å²) in [6, 6.07) is 8.97. The smallest absolute Gasteiger partial charge is 0.0589 e. The van der Waals surface area contributed by atoms with Crippen molar-refractivity contribution in [1.82, 2.24) is 4.90 Å². The van der Waals surface area contributed by atoms with Crippen molar-refractivity contribution in [3.63, 3.8) is 0 Å². The first-order valence-electron chi connectivity index (χ1n) is 7.20. The molecule has 19 heavy (non-hydrogen) atoms. The van der Waals surface area contributed by atoms with Gasteiger partial charge in [0.1, 0.15) is 0 Å². The first-order valence-corrected chi connectivity index (χ1v) is 8.32. The number of alkyl halides is 1. The average Bonchev–Trinajstić information content (AvgIpc) is 2.45. The van der Waals surface area contributed by atoms with E-state index in [0.717, 1.165) is 31.6 Å². The Morgan fingerprint density at radius 2 is 2.16 bits per heavy atom. The van der Waals surface area contributed by atoms with Crippen LogP contribution < -0.4 is 0 Å². The van der Waals surface area contributed by atoms with E-state index in [4.69, 9.17) is 4.74 Å². The van der Waals surface area contributed by atoms with E-state index in [2.05, 4.69) is 45.1 Å². The molecule has 1 aromatic carbocycles. The minimum Gasteiger partial charge on any atom is -0.383 e. The van der Waals surface area contributed by atoms with Gasteiger partial charge in [0, 0.05) is 32.1 Å². The maximum absolute atomic E-state index is 5.22. The van der Waals surface area contributed by atoms with Gasteiger partial charge in [0.05, 0.1) is 6.61 Å². The third-order valence-electron chi connectivity index (χ3n) is 3.98. The van der Waals surface area contributed by atoms with Gasteiger partial charge in [-0.2, -0.15) is 0 Å². The predicted molar refractivity (Wildman–Crippen MR) is 84.2 cm³/mol. The molecule has 0 saturated heterocycles. The summed E-state index contributed by atoms with van der Waals surface area (Å²) in [4.78, 5) is 2.52. The first kappa shape index (κ1) is 15.0. The van der Waals surface area contributed by atoms with Crippen LogP contribution >= 0.6 is 15.9 Å². The molecule has 2 nitrogen and oxygen atoms in total. The zero-order valence-corrected chi connectivity index (χ0v) is 13.4. The number of aryl methyl sites for hydroxylation is 1. The molecule has 0 heterocycles. The van der Waals surface area contributed by atoms with Crippen LogP contribution in [0.1, 0.15) is 29.9 Å². The third-order valence-corrected chi connectivity index (χ3v) is 4.34. The van der Waals surface area contributed by atoms with Crippen molar-refractivity contribution >= 4 is 15.9 Å². The van der Waals surface area contributed by atoms with Gasteiger partial charge in [0.2, 0.25) is 0 Å². The van der Waals surface area contributed by atoms with E-state index in [-0.39, 0.29) is 0 Å². The van der Waals surface area contributed by atoms with E-state index in [1.54, 1.807) is 18.2 Å². The fourth-order valence-electron chi connectivity index (χ4n) is 2.99. The molecule has 1 aliphatic rings. The first-order chi connectivity index (χ1) is 9.35. The molecule has 0 spiro atoms. The number of methoxy groups -OCH3 is 1. The minimum absolute atomic E-state index is 0.695. The lowest BCUT2D eigenvalue weighted by Gasteiger charge is -2.31. The van der Waals surface area contributed by atoms with Crippen LogP contribution in [0.15, 0.2) is 24.3 Å². The summed E-state index contributed by atoms with van der Waals surface area (Å²) in [7, 11) is 1.78. The molecule has 0 aromatic heterocycles. The second-order valence-electron chi connectivity index (χ2n) is 5.27. The number of benzene rings is 1. The van der Waals surface area contributed by atoms with Crippen LogP contribution in [0.5, 0.6) is 0 Å². The van der Waals surface area contributed by atoms with Gasteiger partial charge in [-0.3, -0.25) is 4.90 Å². The van der Waals surface area contributed by atoms with Crippen LogP contribution in [0.25, 0.3) is 0 Å². The fraction of sp³-hybridized carbons (Fsp3) is 0.625. The monoisotopic (exact) mass is 325 g/mol. The summed E-state index contributed by atoms with van der Waals surface area (Å²) in [5, 5.41) is 1.03. The molecular weight excluding hydrogens is 302 g/mol. The number of hydrogen-bond donors (Lipinski definition) is 0. The molecule has 0 bridgehead atoms. The van der Waals surface area contributed by atoms with Crippen LogP contribution in [-0.2, 0) is 11.2 Å². The molecule has 106 valence electrons. The van der Waals surface area contributed by atoms with Gasteiger partial charge in [0.25, 0.3) is 0 Å². The van der Waals surface area contributed by atoms with Crippen molar-refractivity contribution in [2.24, 2.45) is 0 Å². The quantitative estimate of drug-likeness (QED) is 0.712. The Labute approximate surface area is 125 Å². The zero-order valence-electron chi connectivity index (χ0n) is 11.8. The van der Waals surface area contributed by atoms with Gasteiger partial charge < -0.3 is 4.74 Å². The molecule has 0 fully saturated rings. The molecule has 0 amide bonds. The van der Waals surface area contributed by atoms with Gasteiger partial charge in [0.15, 0.2) is 0 Å². The molecule has 1 aliphatic carbocycles. The third kappa shape index (κ3) is 4.30. The lowest BCUT2D eigenvalue weighted by molar-refractivity contribution is 0.146. The molecule has 3 heteroatoms. The number of rotatable bonds is 7. The van der Waals surface area contributed by atoms with Crippen LogP contribution in [-0.4, -0.2) is 43.6 Å². The molecule has 0 saturated carbocycles. The maximum atomic E-state index is 5.22. The largest absolute Gasteiger partial charge is 0.383 e. The lowest BCUT2D eigenvalue weighted by atomic mass is 9.82. The van der Waals surface area contributed by atoms with E-state index >= 15 is 0 Å². The summed E-state index contributed by atoms with van der Waals surface area (Å²) >= 11 is 3.56. The van der Waals surface area contributed by atoms with E-state index < -0.39 is 0 Å². The van der Waals surface area contributed by atoms with Crippen molar-refractivity contribution in [2.45, 2.75) is 25.2 Å². The van der Waals surface area contributed by atoms with Gasteiger partial charge in [-0.05, 0) is 36.3 Å². The van der Waals surface area contributed by atoms with Crippen molar-refractivity contribution in [3.8, 4) is 0 Å². The molecule has 2 rings (SSSR count). The van der Waals surface area contributed by atoms with Crippen LogP contribution in [0.3, 0.4) is 0 Å². The Balaban J connectivity index is 2.01. The fourth-order valence-corrected chi connectivity index (χ4v) is 3.49. The van der Waals surface area contributed by atoms with Gasteiger partial charge in [-0.15, -0.1) is 0 Å². The minimum atomic E-state index is 0.695. The SMILES string of the molecule is COCCN(CCBr)CC1CCCc2ccccc21. The van der Waals surface area contributed by atoms with E-state index in [0.29, 0.717) is 5.92 Å². The number of nitrogens with zero attached hydrogens (tertiary/aromatic N) is 1. The normalized spacial score (nSPS) is 18.6. The summed E-state index contributed by atoms with van der Waals surface area (Å²) in [5.41, 5.74) is 3.13. The number of fused-ring (bicyclic) bond motifs is 1. The van der Waals surface area contributed by atoms with Crippen molar-refractivity contribution in [1.29, 1.82) is 0 Å². The summed E-state index contributed by atoms with van der Waals surface area (Å²) in [6.07, 6.45) is 3.90. The van der Waals surface area contributed by atoms with Crippen molar-refractivity contribution < 1.29 is 4.74 Å². The highest BCUT2D eigenvalue weighted by Crippen LogP contribution is 2.31. The van der Waals surface area contributed by atoms with Crippen molar-refractivity contribution in [2.75, 3.05) is 38.7 Å². The highest BCUT2D eigenvalue weighted by molar-refractivity contribution is 9.09. The molecule has 0 N–H and O–H groups in total. The van der Waals surface area contributed by atoms with Gasteiger partial charge >= 0.3 is 0 Å². The van der Waals surface area contributed by atoms with Crippen LogP contribution in [0.4, 0.5) is 0 Å². The van der Waals surface area contributed by atoms with Crippen LogP contribution in [0.2, 0.25) is 0 Å². The highest BCUT2D eigenvalue weighted by atomic mass is 79.9. The summed E-state index contributed by atoms with van der Waals surface area (Å²) in [5.74, 6) is 0.695. The van der Waals surface area contributed by atoms with E-state index in [9.17, 15) is 0 Å². The number of hydrogen-bond acceptors (Lipinski definition) is 2. The Morgan fingerprint density at radius 1 is 1.32 bits per heavy atom. The van der Waals surface area contributed by atoms with E-state index in [1.165, 1.54) is 19.3 Å². The predicted octanol–water partition coefficient (Wildman–Crippen LogP) is 3.45. The Morgan fingerprint density at radius 3 is 2.95 bits per heavy atom. The second-order valence-corrected chi connectivity index (χ2v) is 6.06. The van der Waals surface area contributed by atoms with Gasteiger partial charge in [-0.1, -0.05) is 40.2 Å². The molecule has 1 aromatic rings. The summed E-state index contributed by atoms with van der Waals surface area (Å²) < 4.78 is 5.22. The second kappa shape index (κ2) is 8.03. The lowest BCUT2D eigenvalue weighted by Crippen LogP contribution is -2.34. The van der Waals surface area contributed by atoms with E-state index in [1.807, 2.05) is 0 Å². The van der Waals surface area contributed by atoms with Crippen LogP contribution in [0, 0.1) is 0 Å². The topological polar surface area (TPSA) is 12.5 Å². The maximum Gasteiger partial charge on any atom is 0.0589 e. The number of halogens is 1. The highest BCUT2D eigenvalue weighted by Gasteiger charge is 2.21. The Bertz CT molecular complexity index is 383. The molecular formula is C16H24BrNO. The average molecular weight is 326 g/mol. The Hall–Kier alpha value is -0.380. The summed E-state index contributed by atoms with van der Waals surface area (Å²) in [6.45, 7) is 4.11.